The number of unbranched alkanes of at least 4 members (excludes halogenated alkanes) is 1. The predicted molar refractivity (Wildman–Crippen MR) is 61.9 cm³/mol. The molecule has 0 radical (unpaired) electrons. The normalized spacial score (nSPS) is 12.1. The van der Waals surface area contributed by atoms with E-state index in [0.717, 1.165) is 6.42 Å². The van der Waals surface area contributed by atoms with Crippen molar-refractivity contribution in [3.05, 3.63) is 0 Å². The lowest BCUT2D eigenvalue weighted by molar-refractivity contribution is -0.137. The Morgan fingerprint density at radius 1 is 1.38 bits per heavy atom. The van der Waals surface area contributed by atoms with E-state index in [1.165, 1.54) is 0 Å². The van der Waals surface area contributed by atoms with Crippen molar-refractivity contribution in [1.29, 1.82) is 0 Å². The SMILES string of the molecule is CCC(CN)CC(=O)NCCCCC(=O)O. The molecule has 0 aromatic carbocycles. The van der Waals surface area contributed by atoms with Gasteiger partial charge < -0.3 is 16.2 Å². The predicted octanol–water partition coefficient (Wildman–Crippen LogP) is 0.733. The van der Waals surface area contributed by atoms with Crippen LogP contribution in [0.2, 0.25) is 0 Å². The molecule has 94 valence electrons. The number of nitrogens with two attached hydrogens (primary N) is 1. The van der Waals surface area contributed by atoms with Crippen molar-refractivity contribution >= 4 is 11.9 Å². The molecule has 1 atom stereocenters. The average molecular weight is 230 g/mol. The second-order valence-electron chi connectivity index (χ2n) is 3.91. The van der Waals surface area contributed by atoms with Gasteiger partial charge in [0.05, 0.1) is 0 Å². The van der Waals surface area contributed by atoms with Gasteiger partial charge in [0.2, 0.25) is 5.91 Å². The molecule has 0 aliphatic carbocycles. The van der Waals surface area contributed by atoms with Gasteiger partial charge in [0.25, 0.3) is 0 Å². The molecule has 0 rings (SSSR count). The van der Waals surface area contributed by atoms with E-state index >= 15 is 0 Å². The van der Waals surface area contributed by atoms with Crippen molar-refractivity contribution in [3.63, 3.8) is 0 Å². The Labute approximate surface area is 96.4 Å². The van der Waals surface area contributed by atoms with Crippen LogP contribution in [0, 0.1) is 5.92 Å². The molecule has 0 aromatic rings. The van der Waals surface area contributed by atoms with E-state index < -0.39 is 5.97 Å². The van der Waals surface area contributed by atoms with Gasteiger partial charge in [-0.3, -0.25) is 9.59 Å². The minimum atomic E-state index is -0.791. The molecule has 0 saturated heterocycles. The minimum absolute atomic E-state index is 0.00706. The van der Waals surface area contributed by atoms with Crippen molar-refractivity contribution in [2.45, 2.75) is 39.0 Å². The van der Waals surface area contributed by atoms with E-state index in [9.17, 15) is 9.59 Å². The van der Waals surface area contributed by atoms with Gasteiger partial charge in [0.1, 0.15) is 0 Å². The summed E-state index contributed by atoms with van der Waals surface area (Å²) in [5, 5.41) is 11.2. The van der Waals surface area contributed by atoms with Crippen molar-refractivity contribution < 1.29 is 14.7 Å². The molecule has 0 bridgehead atoms. The van der Waals surface area contributed by atoms with Gasteiger partial charge in [0, 0.05) is 19.4 Å². The maximum absolute atomic E-state index is 11.4. The second-order valence-corrected chi connectivity index (χ2v) is 3.91. The zero-order valence-electron chi connectivity index (χ0n) is 9.87. The Kier molecular flexibility index (Phi) is 8.52. The van der Waals surface area contributed by atoms with Gasteiger partial charge in [-0.2, -0.15) is 0 Å². The summed E-state index contributed by atoms with van der Waals surface area (Å²) in [4.78, 5) is 21.6. The highest BCUT2D eigenvalue weighted by Crippen LogP contribution is 2.05. The van der Waals surface area contributed by atoms with Crippen LogP contribution in [0.1, 0.15) is 39.0 Å². The molecular weight excluding hydrogens is 208 g/mol. The van der Waals surface area contributed by atoms with Gasteiger partial charge in [-0.05, 0) is 25.3 Å². The fourth-order valence-electron chi connectivity index (χ4n) is 1.36. The van der Waals surface area contributed by atoms with Gasteiger partial charge in [0.15, 0.2) is 0 Å². The van der Waals surface area contributed by atoms with Gasteiger partial charge in [-0.1, -0.05) is 13.3 Å². The maximum atomic E-state index is 11.4. The summed E-state index contributed by atoms with van der Waals surface area (Å²) in [7, 11) is 0. The third-order valence-corrected chi connectivity index (χ3v) is 2.52. The molecule has 0 aromatic heterocycles. The number of carbonyl (C=O) groups excluding carboxylic acids is 1. The lowest BCUT2D eigenvalue weighted by Gasteiger charge is -2.11. The summed E-state index contributed by atoms with van der Waals surface area (Å²) in [6, 6.07) is 0. The zero-order valence-corrected chi connectivity index (χ0v) is 9.87. The number of hydrogen-bond acceptors (Lipinski definition) is 3. The number of carboxylic acid groups (broad SMARTS) is 1. The van der Waals surface area contributed by atoms with E-state index in [-0.39, 0.29) is 18.2 Å². The number of carbonyl (C=O) groups is 2. The first-order chi connectivity index (χ1) is 7.60. The molecule has 0 spiro atoms. The van der Waals surface area contributed by atoms with E-state index in [4.69, 9.17) is 10.8 Å². The molecule has 1 amide bonds. The van der Waals surface area contributed by atoms with Crippen LogP contribution in [0.25, 0.3) is 0 Å². The Balaban J connectivity index is 3.46. The van der Waals surface area contributed by atoms with E-state index in [1.807, 2.05) is 6.92 Å². The average Bonchev–Trinajstić information content (AvgIpc) is 2.25. The van der Waals surface area contributed by atoms with Crippen molar-refractivity contribution in [3.8, 4) is 0 Å². The molecule has 0 aliphatic heterocycles. The van der Waals surface area contributed by atoms with Gasteiger partial charge in [-0.15, -0.1) is 0 Å². The highest BCUT2D eigenvalue weighted by Gasteiger charge is 2.09. The highest BCUT2D eigenvalue weighted by atomic mass is 16.4. The quantitative estimate of drug-likeness (QED) is 0.509. The first-order valence-corrected chi connectivity index (χ1v) is 5.78. The van der Waals surface area contributed by atoms with Gasteiger partial charge in [-0.25, -0.2) is 0 Å². The van der Waals surface area contributed by atoms with Crippen LogP contribution < -0.4 is 11.1 Å². The van der Waals surface area contributed by atoms with Crippen LogP contribution in [-0.4, -0.2) is 30.1 Å². The zero-order chi connectivity index (χ0) is 12.4. The summed E-state index contributed by atoms with van der Waals surface area (Å²) in [5.74, 6) is -0.535. The standard InChI is InChI=1S/C11H22N2O3/c1-2-9(8-12)7-10(14)13-6-4-3-5-11(15)16/h9H,2-8,12H2,1H3,(H,13,14)(H,15,16). The number of nitrogens with one attached hydrogen (secondary N) is 1. The summed E-state index contributed by atoms with van der Waals surface area (Å²) < 4.78 is 0. The summed E-state index contributed by atoms with van der Waals surface area (Å²) >= 11 is 0. The summed E-state index contributed by atoms with van der Waals surface area (Å²) in [5.41, 5.74) is 5.50. The largest absolute Gasteiger partial charge is 0.481 e. The number of rotatable bonds is 9. The van der Waals surface area contributed by atoms with Gasteiger partial charge >= 0.3 is 5.97 Å². The molecule has 5 heteroatoms. The van der Waals surface area contributed by atoms with Crippen LogP contribution in [0.5, 0.6) is 0 Å². The highest BCUT2D eigenvalue weighted by molar-refractivity contribution is 5.76. The summed E-state index contributed by atoms with van der Waals surface area (Å²) in [6.07, 6.45) is 2.84. The fraction of sp³-hybridized carbons (Fsp3) is 0.818. The molecule has 0 aliphatic rings. The number of carboxylic acids is 1. The van der Waals surface area contributed by atoms with Crippen LogP contribution in [0.15, 0.2) is 0 Å². The minimum Gasteiger partial charge on any atom is -0.481 e. The van der Waals surface area contributed by atoms with E-state index in [1.54, 1.807) is 0 Å². The Morgan fingerprint density at radius 3 is 2.56 bits per heavy atom. The number of aliphatic carboxylic acids is 1. The smallest absolute Gasteiger partial charge is 0.303 e. The topological polar surface area (TPSA) is 92.4 Å². The van der Waals surface area contributed by atoms with E-state index in [2.05, 4.69) is 5.32 Å². The third-order valence-electron chi connectivity index (χ3n) is 2.52. The van der Waals surface area contributed by atoms with Crippen LogP contribution >= 0.6 is 0 Å². The molecule has 5 nitrogen and oxygen atoms in total. The molecule has 1 unspecified atom stereocenters. The Morgan fingerprint density at radius 2 is 2.06 bits per heavy atom. The molecule has 4 N–H and O–H groups in total. The van der Waals surface area contributed by atoms with Crippen molar-refractivity contribution in [2.75, 3.05) is 13.1 Å². The first kappa shape index (κ1) is 14.9. The first-order valence-electron chi connectivity index (χ1n) is 5.78. The second kappa shape index (κ2) is 9.15. The third kappa shape index (κ3) is 8.23. The molecule has 0 fully saturated rings. The lowest BCUT2D eigenvalue weighted by atomic mass is 10.0. The molecule has 0 heterocycles. The number of amides is 1. The van der Waals surface area contributed by atoms with Crippen LogP contribution in [0.4, 0.5) is 0 Å². The lowest BCUT2D eigenvalue weighted by Crippen LogP contribution is -2.28. The van der Waals surface area contributed by atoms with E-state index in [0.29, 0.717) is 32.4 Å². The van der Waals surface area contributed by atoms with Crippen LogP contribution in [-0.2, 0) is 9.59 Å². The fourth-order valence-corrected chi connectivity index (χ4v) is 1.36. The monoisotopic (exact) mass is 230 g/mol. The molecular formula is C11H22N2O3. The van der Waals surface area contributed by atoms with Crippen molar-refractivity contribution in [2.24, 2.45) is 11.7 Å². The number of hydrogen-bond donors (Lipinski definition) is 3. The maximum Gasteiger partial charge on any atom is 0.303 e. The molecule has 0 saturated carbocycles. The Bertz CT molecular complexity index is 215. The Hall–Kier alpha value is -1.10. The van der Waals surface area contributed by atoms with Crippen LogP contribution in [0.3, 0.4) is 0 Å². The summed E-state index contributed by atoms with van der Waals surface area (Å²) in [6.45, 7) is 3.09. The molecule has 16 heavy (non-hydrogen) atoms. The van der Waals surface area contributed by atoms with Crippen molar-refractivity contribution in [1.82, 2.24) is 5.32 Å².